The van der Waals surface area contributed by atoms with Gasteiger partial charge in [-0.2, -0.15) is 0 Å². The molecule has 0 saturated carbocycles. The van der Waals surface area contributed by atoms with Crippen molar-refractivity contribution >= 4 is 63.2 Å². The minimum absolute atomic E-state index is 0.0903. The van der Waals surface area contributed by atoms with Gasteiger partial charge in [-0.15, -0.1) is 23.1 Å². The number of carbonyl (C=O) groups excluding carboxylic acids is 4. The minimum Gasteiger partial charge on any atom is -0.465 e. The van der Waals surface area contributed by atoms with Crippen molar-refractivity contribution in [1.29, 1.82) is 0 Å². The zero-order valence-electron chi connectivity index (χ0n) is 25.2. The van der Waals surface area contributed by atoms with Crippen LogP contribution in [0.25, 0.3) is 0 Å². The molecule has 0 fully saturated rings. The van der Waals surface area contributed by atoms with E-state index >= 15 is 0 Å². The number of methoxy groups -OCH3 is 1. The largest absolute Gasteiger partial charge is 0.465 e. The summed E-state index contributed by atoms with van der Waals surface area (Å²) in [7, 11) is 1.25. The number of rotatable bonds is 10. The second kappa shape index (κ2) is 14.4. The van der Waals surface area contributed by atoms with Crippen molar-refractivity contribution in [2.45, 2.75) is 44.3 Å². The van der Waals surface area contributed by atoms with E-state index in [-0.39, 0.29) is 32.7 Å². The van der Waals surface area contributed by atoms with Crippen LogP contribution in [0.1, 0.15) is 63.6 Å². The van der Waals surface area contributed by atoms with Gasteiger partial charge in [-0.1, -0.05) is 75.4 Å². The Bertz CT molecular complexity index is 1650. The van der Waals surface area contributed by atoms with Crippen molar-refractivity contribution in [3.8, 4) is 0 Å². The maximum absolute atomic E-state index is 13.9. The fourth-order valence-corrected chi connectivity index (χ4v) is 6.60. The zero-order chi connectivity index (χ0) is 31.9. The Morgan fingerprint density at radius 1 is 0.841 bits per heavy atom. The number of hydrogen-bond acceptors (Lipinski definition) is 7. The number of nitrogens with one attached hydrogen (secondary N) is 3. The van der Waals surface area contributed by atoms with Crippen molar-refractivity contribution in [3.05, 3.63) is 106 Å². The molecule has 1 heterocycles. The van der Waals surface area contributed by atoms with Crippen molar-refractivity contribution in [2.75, 3.05) is 23.1 Å². The molecule has 8 nitrogen and oxygen atoms in total. The lowest BCUT2D eigenvalue weighted by atomic mass is 9.92. The molecule has 0 saturated heterocycles. The van der Waals surface area contributed by atoms with E-state index in [0.29, 0.717) is 23.4 Å². The Labute approximate surface area is 265 Å². The highest BCUT2D eigenvalue weighted by Gasteiger charge is 2.29. The SMILES string of the molecule is COC(=O)c1c(NC(=O)C(Sc2cccc(NC(=O)CC(C)(C)C)c2)c2ccccc2)sc(C(=O)Nc2ccccc2)c1C. The van der Waals surface area contributed by atoms with E-state index < -0.39 is 17.1 Å². The molecule has 4 rings (SSSR count). The highest BCUT2D eigenvalue weighted by molar-refractivity contribution is 8.00. The molecule has 0 spiro atoms. The van der Waals surface area contributed by atoms with E-state index in [1.54, 1.807) is 37.3 Å². The molecule has 1 aromatic heterocycles. The fraction of sp³-hybridized carbons (Fsp3) is 0.235. The van der Waals surface area contributed by atoms with Gasteiger partial charge in [0.2, 0.25) is 11.8 Å². The van der Waals surface area contributed by atoms with Crippen LogP contribution in [0.15, 0.2) is 89.8 Å². The van der Waals surface area contributed by atoms with E-state index in [0.717, 1.165) is 21.8 Å². The van der Waals surface area contributed by atoms with E-state index in [4.69, 9.17) is 4.74 Å². The molecule has 44 heavy (non-hydrogen) atoms. The van der Waals surface area contributed by atoms with Crippen LogP contribution in [-0.2, 0) is 14.3 Å². The summed E-state index contributed by atoms with van der Waals surface area (Å²) < 4.78 is 5.01. The second-order valence-electron chi connectivity index (χ2n) is 11.3. The number of esters is 1. The molecular formula is C34H35N3O5S2. The molecule has 1 atom stereocenters. The maximum atomic E-state index is 13.9. The quantitative estimate of drug-likeness (QED) is 0.121. The highest BCUT2D eigenvalue weighted by atomic mass is 32.2. The van der Waals surface area contributed by atoms with Gasteiger partial charge in [-0.25, -0.2) is 4.79 Å². The molecule has 10 heteroatoms. The normalized spacial score (nSPS) is 11.8. The molecule has 0 bridgehead atoms. The van der Waals surface area contributed by atoms with E-state index in [2.05, 4.69) is 16.0 Å². The number of anilines is 3. The first kappa shape index (κ1) is 32.5. The van der Waals surface area contributed by atoms with Gasteiger partial charge in [-0.3, -0.25) is 14.4 Å². The van der Waals surface area contributed by atoms with Crippen molar-refractivity contribution in [1.82, 2.24) is 0 Å². The second-order valence-corrected chi connectivity index (χ2v) is 13.5. The topological polar surface area (TPSA) is 114 Å². The molecule has 0 aliphatic rings. The molecule has 228 valence electrons. The molecule has 3 amide bonds. The Balaban J connectivity index is 1.62. The van der Waals surface area contributed by atoms with Crippen LogP contribution in [0.2, 0.25) is 0 Å². The molecule has 3 N–H and O–H groups in total. The van der Waals surface area contributed by atoms with Gasteiger partial charge in [-0.05, 0) is 53.8 Å². The Morgan fingerprint density at radius 2 is 1.48 bits per heavy atom. The number of benzene rings is 3. The van der Waals surface area contributed by atoms with Crippen LogP contribution < -0.4 is 16.0 Å². The van der Waals surface area contributed by atoms with Gasteiger partial charge in [0.05, 0.1) is 17.6 Å². The zero-order valence-corrected chi connectivity index (χ0v) is 26.9. The van der Waals surface area contributed by atoms with E-state index in [1.165, 1.54) is 18.9 Å². The average Bonchev–Trinajstić information content (AvgIpc) is 3.31. The number of ether oxygens (including phenoxy) is 1. The lowest BCUT2D eigenvalue weighted by Crippen LogP contribution is -2.20. The summed E-state index contributed by atoms with van der Waals surface area (Å²) in [5.74, 6) is -1.53. The third-order valence-corrected chi connectivity index (χ3v) is 8.87. The Kier molecular flexibility index (Phi) is 10.6. The van der Waals surface area contributed by atoms with Crippen molar-refractivity contribution < 1.29 is 23.9 Å². The van der Waals surface area contributed by atoms with Crippen LogP contribution in [-0.4, -0.2) is 30.8 Å². The number of hydrogen-bond donors (Lipinski definition) is 3. The number of carbonyl (C=O) groups is 4. The standard InChI is InChI=1S/C34H35N3O5S2/c1-21-27(33(41)42-5)32(44-28(21)30(39)36-23-15-10-7-11-16-23)37-31(40)29(22-13-8-6-9-14-22)43-25-18-12-17-24(19-25)35-26(38)20-34(2,3)4/h6-19,29H,20H2,1-5H3,(H,35,38)(H,36,39)(H,37,40). The predicted molar refractivity (Wildman–Crippen MR) is 178 cm³/mol. The summed E-state index contributed by atoms with van der Waals surface area (Å²) in [6, 6.07) is 25.6. The van der Waals surface area contributed by atoms with E-state index in [1.807, 2.05) is 75.4 Å². The van der Waals surface area contributed by atoms with Crippen LogP contribution in [0, 0.1) is 12.3 Å². The molecule has 1 unspecified atom stereocenters. The van der Waals surface area contributed by atoms with E-state index in [9.17, 15) is 19.2 Å². The summed E-state index contributed by atoms with van der Waals surface area (Å²) in [6.07, 6.45) is 0.369. The first-order chi connectivity index (χ1) is 20.9. The van der Waals surface area contributed by atoms with Gasteiger partial charge < -0.3 is 20.7 Å². The smallest absolute Gasteiger partial charge is 0.341 e. The number of thioether (sulfide) groups is 1. The Hall–Kier alpha value is -4.41. The Morgan fingerprint density at radius 3 is 2.11 bits per heavy atom. The number of amides is 3. The van der Waals surface area contributed by atoms with Crippen LogP contribution in [0.3, 0.4) is 0 Å². The number of thiophene rings is 1. The minimum atomic E-state index is -0.716. The van der Waals surface area contributed by atoms with Gasteiger partial charge in [0.25, 0.3) is 5.91 Å². The lowest BCUT2D eigenvalue weighted by molar-refractivity contribution is -0.118. The molecule has 3 aromatic carbocycles. The first-order valence-corrected chi connectivity index (χ1v) is 15.7. The molecule has 0 aliphatic carbocycles. The average molecular weight is 630 g/mol. The fourth-order valence-electron chi connectivity index (χ4n) is 4.42. The van der Waals surface area contributed by atoms with Gasteiger partial charge in [0.1, 0.15) is 10.3 Å². The van der Waals surface area contributed by atoms with Gasteiger partial charge in [0, 0.05) is 22.7 Å². The van der Waals surface area contributed by atoms with Crippen LogP contribution >= 0.6 is 23.1 Å². The number of para-hydroxylation sites is 1. The molecular weight excluding hydrogens is 595 g/mol. The first-order valence-electron chi connectivity index (χ1n) is 14.0. The summed E-state index contributed by atoms with van der Waals surface area (Å²) in [5, 5.41) is 8.19. The molecule has 0 radical (unpaired) electrons. The van der Waals surface area contributed by atoms with Crippen molar-refractivity contribution in [3.63, 3.8) is 0 Å². The maximum Gasteiger partial charge on any atom is 0.341 e. The van der Waals surface area contributed by atoms with Crippen LogP contribution in [0.4, 0.5) is 16.4 Å². The predicted octanol–water partition coefficient (Wildman–Crippen LogP) is 7.94. The van der Waals surface area contributed by atoms with Crippen molar-refractivity contribution in [2.24, 2.45) is 5.41 Å². The molecule has 4 aromatic rings. The molecule has 0 aliphatic heterocycles. The van der Waals surface area contributed by atoms with Gasteiger partial charge in [0.15, 0.2) is 0 Å². The van der Waals surface area contributed by atoms with Gasteiger partial charge >= 0.3 is 5.97 Å². The third kappa shape index (κ3) is 8.58. The summed E-state index contributed by atoms with van der Waals surface area (Å²) in [6.45, 7) is 7.66. The summed E-state index contributed by atoms with van der Waals surface area (Å²) >= 11 is 2.32. The van der Waals surface area contributed by atoms with Crippen LogP contribution in [0.5, 0.6) is 0 Å². The highest BCUT2D eigenvalue weighted by Crippen LogP contribution is 2.40. The monoisotopic (exact) mass is 629 g/mol. The summed E-state index contributed by atoms with van der Waals surface area (Å²) in [5.41, 5.74) is 2.36. The lowest BCUT2D eigenvalue weighted by Gasteiger charge is -2.19. The third-order valence-electron chi connectivity index (χ3n) is 6.41. The summed E-state index contributed by atoms with van der Waals surface area (Å²) in [4.78, 5) is 53.5.